The molecular formula is C32H42ClNO7. The van der Waals surface area contributed by atoms with Gasteiger partial charge < -0.3 is 40.3 Å². The van der Waals surface area contributed by atoms with Gasteiger partial charge in [0.1, 0.15) is 49.0 Å². The molecule has 1 aliphatic heterocycles. The Balaban J connectivity index is 1.01. The van der Waals surface area contributed by atoms with Crippen molar-refractivity contribution >= 4 is 11.6 Å². The Morgan fingerprint density at radius 1 is 0.902 bits per heavy atom. The third-order valence-corrected chi connectivity index (χ3v) is 10.2. The molecule has 41 heavy (non-hydrogen) atoms. The van der Waals surface area contributed by atoms with E-state index in [0.29, 0.717) is 35.3 Å². The molecule has 8 nitrogen and oxygen atoms in total. The van der Waals surface area contributed by atoms with E-state index in [1.807, 2.05) is 30.3 Å². The van der Waals surface area contributed by atoms with Gasteiger partial charge in [0.15, 0.2) is 0 Å². The van der Waals surface area contributed by atoms with Crippen molar-refractivity contribution in [3.8, 4) is 5.75 Å². The molecule has 6 N–H and O–H groups in total. The number of nitrogens with one attached hydrogen (secondary N) is 1. The van der Waals surface area contributed by atoms with Crippen molar-refractivity contribution < 1.29 is 35.0 Å². The summed E-state index contributed by atoms with van der Waals surface area (Å²) in [5.74, 6) is 4.11. The highest BCUT2D eigenvalue weighted by Gasteiger charge is 2.48. The van der Waals surface area contributed by atoms with Crippen LogP contribution in [-0.2, 0) is 11.2 Å². The lowest BCUT2D eigenvalue weighted by Gasteiger charge is -2.54. The molecule has 0 unspecified atom stereocenters. The maximum Gasteiger partial charge on any atom is 0.119 e. The summed E-state index contributed by atoms with van der Waals surface area (Å²) in [7, 11) is 0. The Morgan fingerprint density at radius 2 is 1.59 bits per heavy atom. The zero-order valence-corrected chi connectivity index (χ0v) is 23.9. The summed E-state index contributed by atoms with van der Waals surface area (Å²) in [5, 5.41) is 55.1. The molecule has 4 aliphatic carbocycles. The molecule has 5 aliphatic rings. The van der Waals surface area contributed by atoms with Crippen molar-refractivity contribution in [1.29, 1.82) is 0 Å². The second-order valence-electron chi connectivity index (χ2n) is 12.8. The molecule has 0 amide bonds. The fourth-order valence-electron chi connectivity index (χ4n) is 7.99. The van der Waals surface area contributed by atoms with Gasteiger partial charge in [-0.3, -0.25) is 0 Å². The van der Waals surface area contributed by atoms with E-state index in [1.165, 1.54) is 32.1 Å². The largest absolute Gasteiger partial charge is 0.491 e. The molecule has 9 heteroatoms. The molecule has 5 fully saturated rings. The van der Waals surface area contributed by atoms with Crippen molar-refractivity contribution in [2.24, 2.45) is 23.7 Å². The highest BCUT2D eigenvalue weighted by molar-refractivity contribution is 6.31. The zero-order valence-electron chi connectivity index (χ0n) is 23.2. The minimum atomic E-state index is -1.44. The van der Waals surface area contributed by atoms with Crippen LogP contribution in [0.1, 0.15) is 54.9 Å². The average Bonchev–Trinajstić information content (AvgIpc) is 2.96. The number of aliphatic hydroxyl groups is 5. The lowest BCUT2D eigenvalue weighted by atomic mass is 9.54. The highest BCUT2D eigenvalue weighted by atomic mass is 35.5. The fourth-order valence-corrected chi connectivity index (χ4v) is 8.17. The van der Waals surface area contributed by atoms with Crippen LogP contribution in [0.2, 0.25) is 5.02 Å². The minimum absolute atomic E-state index is 0.229. The lowest BCUT2D eigenvalue weighted by molar-refractivity contribution is -0.231. The molecule has 224 valence electrons. The molecule has 0 aromatic heterocycles. The van der Waals surface area contributed by atoms with Gasteiger partial charge in [-0.15, -0.1) is 0 Å². The molecule has 1 heterocycles. The first-order valence-corrected chi connectivity index (χ1v) is 15.4. The quantitative estimate of drug-likeness (QED) is 0.250. The summed E-state index contributed by atoms with van der Waals surface area (Å²) >= 11 is 6.48. The van der Waals surface area contributed by atoms with Gasteiger partial charge in [0.2, 0.25) is 0 Å². The van der Waals surface area contributed by atoms with Crippen molar-refractivity contribution in [3.63, 3.8) is 0 Å². The number of halogens is 1. The number of hydrogen-bond donors (Lipinski definition) is 6. The molecule has 1 saturated heterocycles. The second-order valence-corrected chi connectivity index (χ2v) is 13.2. The van der Waals surface area contributed by atoms with Crippen LogP contribution in [0.3, 0.4) is 0 Å². The smallest absolute Gasteiger partial charge is 0.119 e. The second kappa shape index (κ2) is 12.5. The molecule has 2 aromatic rings. The van der Waals surface area contributed by atoms with Crippen molar-refractivity contribution in [2.75, 3.05) is 19.8 Å². The van der Waals surface area contributed by atoms with Crippen LogP contribution in [0, 0.1) is 23.7 Å². The Labute approximate surface area is 246 Å². The first-order chi connectivity index (χ1) is 19.8. The van der Waals surface area contributed by atoms with E-state index in [0.717, 1.165) is 34.8 Å². The van der Waals surface area contributed by atoms with Crippen LogP contribution < -0.4 is 10.1 Å². The maximum atomic E-state index is 10.6. The molecule has 2 aromatic carbocycles. The van der Waals surface area contributed by atoms with E-state index in [-0.39, 0.29) is 6.61 Å². The van der Waals surface area contributed by atoms with Gasteiger partial charge in [-0.25, -0.2) is 0 Å². The van der Waals surface area contributed by atoms with E-state index >= 15 is 0 Å². The van der Waals surface area contributed by atoms with Crippen LogP contribution in [0.15, 0.2) is 42.5 Å². The number of ether oxygens (including phenoxy) is 2. The minimum Gasteiger partial charge on any atom is -0.491 e. The number of rotatable bonds is 10. The van der Waals surface area contributed by atoms with Crippen molar-refractivity contribution in [2.45, 2.75) is 81.2 Å². The molecule has 4 saturated carbocycles. The van der Waals surface area contributed by atoms with Gasteiger partial charge >= 0.3 is 0 Å². The third kappa shape index (κ3) is 6.31. The predicted molar refractivity (Wildman–Crippen MR) is 154 cm³/mol. The molecule has 4 bridgehead atoms. The van der Waals surface area contributed by atoms with Crippen LogP contribution in [-0.4, -0.2) is 81.9 Å². The van der Waals surface area contributed by atoms with Crippen LogP contribution >= 0.6 is 11.6 Å². The number of aliphatic hydroxyl groups excluding tert-OH is 5. The summed E-state index contributed by atoms with van der Waals surface area (Å²) < 4.78 is 11.6. The predicted octanol–water partition coefficient (Wildman–Crippen LogP) is 2.60. The summed E-state index contributed by atoms with van der Waals surface area (Å²) in [6, 6.07) is 13.4. The Bertz CT molecular complexity index is 1150. The number of benzene rings is 2. The summed E-state index contributed by atoms with van der Waals surface area (Å²) in [4.78, 5) is 0. The fraction of sp³-hybridized carbons (Fsp3) is 0.625. The first kappa shape index (κ1) is 29.3. The maximum absolute atomic E-state index is 10.6. The van der Waals surface area contributed by atoms with Gasteiger partial charge in [0.25, 0.3) is 0 Å². The zero-order chi connectivity index (χ0) is 28.7. The Kier molecular flexibility index (Phi) is 8.92. The highest BCUT2D eigenvalue weighted by Crippen LogP contribution is 2.53. The molecule has 0 spiro atoms. The van der Waals surface area contributed by atoms with E-state index in [1.54, 1.807) is 12.1 Å². The van der Waals surface area contributed by atoms with E-state index in [2.05, 4.69) is 5.32 Å². The lowest BCUT2D eigenvalue weighted by Crippen LogP contribution is -2.55. The Hall–Kier alpha value is -1.75. The molecule has 7 rings (SSSR count). The van der Waals surface area contributed by atoms with Crippen LogP contribution in [0.5, 0.6) is 5.75 Å². The van der Waals surface area contributed by atoms with Crippen LogP contribution in [0.4, 0.5) is 0 Å². The monoisotopic (exact) mass is 587 g/mol. The SMILES string of the molecule is OC[C@H]1O[C@@H](c2ccc(Cl)c(Cc3ccc(OC[C@@H](O)CNC4C5CC6CC(C5)CC4C6)cc3)c2)[C@H](O)[C@@H](O)[C@@H]1O. The first-order valence-electron chi connectivity index (χ1n) is 15.0. The van der Waals surface area contributed by atoms with Gasteiger partial charge in [-0.05, 0) is 97.1 Å². The molecule has 0 radical (unpaired) electrons. The van der Waals surface area contributed by atoms with E-state index in [4.69, 9.17) is 21.1 Å². The Morgan fingerprint density at radius 3 is 2.24 bits per heavy atom. The summed E-state index contributed by atoms with van der Waals surface area (Å²) in [5.41, 5.74) is 2.40. The van der Waals surface area contributed by atoms with Gasteiger partial charge in [0, 0.05) is 17.6 Å². The summed E-state index contributed by atoms with van der Waals surface area (Å²) in [6.07, 6.45) is 0.714. The molecular weight excluding hydrogens is 546 g/mol. The van der Waals surface area contributed by atoms with E-state index < -0.39 is 43.2 Å². The van der Waals surface area contributed by atoms with Gasteiger partial charge in [-0.2, -0.15) is 0 Å². The van der Waals surface area contributed by atoms with Gasteiger partial charge in [0.05, 0.1) is 6.61 Å². The topological polar surface area (TPSA) is 132 Å². The third-order valence-electron chi connectivity index (χ3n) is 9.87. The average molecular weight is 588 g/mol. The van der Waals surface area contributed by atoms with Crippen molar-refractivity contribution in [3.05, 3.63) is 64.2 Å². The summed E-state index contributed by atoms with van der Waals surface area (Å²) in [6.45, 7) is 0.299. The standard InChI is InChI=1S/C32H42ClNO7/c33-26-6-3-20(32-31(39)30(38)29(37)27(15-35)41-32)13-21(26)8-17-1-4-25(5-2-17)40-16-24(36)14-34-28-22-9-18-7-19(11-22)12-23(28)10-18/h1-6,13,18-19,22-24,27-32,34-39H,7-12,14-16H2/t18?,19?,22?,23?,24-,27+,28?,29+,30-,31+,32-/m0/s1. The van der Waals surface area contributed by atoms with E-state index in [9.17, 15) is 25.5 Å². The van der Waals surface area contributed by atoms with Crippen molar-refractivity contribution in [1.82, 2.24) is 5.32 Å². The molecule has 6 atom stereocenters. The normalized spacial score (nSPS) is 36.8. The number of hydrogen-bond acceptors (Lipinski definition) is 8. The van der Waals surface area contributed by atoms with Gasteiger partial charge in [-0.1, -0.05) is 35.9 Å². The van der Waals surface area contributed by atoms with Crippen LogP contribution in [0.25, 0.3) is 0 Å².